The van der Waals surface area contributed by atoms with Crippen LogP contribution in [-0.2, 0) is 20.7 Å². The van der Waals surface area contributed by atoms with Gasteiger partial charge in [-0.15, -0.1) is 0 Å². The van der Waals surface area contributed by atoms with Crippen molar-refractivity contribution in [2.45, 2.75) is 77.7 Å². The summed E-state index contributed by atoms with van der Waals surface area (Å²) < 4.78 is 9.76. The lowest BCUT2D eigenvalue weighted by Crippen LogP contribution is -2.39. The van der Waals surface area contributed by atoms with Gasteiger partial charge in [-0.2, -0.15) is 0 Å². The molecule has 1 N–H and O–H groups in total. The number of likely N-dealkylation sites (tertiary alicyclic amines) is 1. The molecule has 0 radical (unpaired) electrons. The van der Waals surface area contributed by atoms with E-state index >= 15 is 0 Å². The van der Waals surface area contributed by atoms with Crippen LogP contribution in [0.3, 0.4) is 0 Å². The van der Waals surface area contributed by atoms with Crippen molar-refractivity contribution in [2.24, 2.45) is 0 Å². The zero-order valence-corrected chi connectivity index (χ0v) is 18.4. The number of rotatable bonds is 3. The number of piperidine rings is 1. The molecule has 1 aromatic carbocycles. The number of carbonyl (C=O) groups excluding carboxylic acids is 2. The van der Waals surface area contributed by atoms with E-state index in [0.717, 1.165) is 31.5 Å². The van der Waals surface area contributed by atoms with Crippen molar-refractivity contribution in [1.82, 2.24) is 4.90 Å². The fraction of sp³-hybridized carbons (Fsp3) is 0.652. The van der Waals surface area contributed by atoms with E-state index in [2.05, 4.69) is 4.74 Å². The van der Waals surface area contributed by atoms with Crippen LogP contribution >= 0.6 is 0 Å². The van der Waals surface area contributed by atoms with Crippen molar-refractivity contribution in [3.05, 3.63) is 29.8 Å². The molecule has 1 amide bonds. The summed E-state index contributed by atoms with van der Waals surface area (Å²) in [6.45, 7) is 7.41. The molecule has 2 fully saturated rings. The van der Waals surface area contributed by atoms with Crippen LogP contribution in [0.2, 0.25) is 0 Å². The minimum absolute atomic E-state index is 0.160. The quantitative estimate of drug-likeness (QED) is 0.708. The first-order valence-electron chi connectivity index (χ1n) is 10.5. The Labute approximate surface area is 175 Å². The number of esters is 1. The Morgan fingerprint density at radius 1 is 1.03 bits per heavy atom. The van der Waals surface area contributed by atoms with Gasteiger partial charge in [0.15, 0.2) is 0 Å². The van der Waals surface area contributed by atoms with Crippen LogP contribution in [0.15, 0.2) is 24.3 Å². The largest absolute Gasteiger partial charge is 0.508 e. The van der Waals surface area contributed by atoms with E-state index < -0.39 is 0 Å². The van der Waals surface area contributed by atoms with Crippen LogP contribution in [-0.4, -0.2) is 47.9 Å². The van der Waals surface area contributed by atoms with Crippen molar-refractivity contribution in [3.8, 4) is 5.75 Å². The maximum atomic E-state index is 11.5. The van der Waals surface area contributed by atoms with E-state index in [-0.39, 0.29) is 23.4 Å². The second kappa shape index (κ2) is 13.1. The Kier molecular flexibility index (Phi) is 11.2. The lowest BCUT2D eigenvalue weighted by Gasteiger charge is -2.29. The lowest BCUT2D eigenvalue weighted by atomic mass is 10.1. The summed E-state index contributed by atoms with van der Waals surface area (Å²) in [5, 5.41) is 9.12. The summed E-state index contributed by atoms with van der Waals surface area (Å²) in [6, 6.07) is 6.86. The number of hydrogen-bond acceptors (Lipinski definition) is 5. The Hall–Kier alpha value is -2.24. The Morgan fingerprint density at radius 2 is 1.62 bits per heavy atom. The molecular formula is C23H37NO5. The van der Waals surface area contributed by atoms with Crippen molar-refractivity contribution in [1.29, 1.82) is 0 Å². The van der Waals surface area contributed by atoms with Crippen LogP contribution in [0, 0.1) is 0 Å². The first kappa shape index (κ1) is 24.8. The molecule has 1 saturated carbocycles. The SMILES string of the molecule is C1CC1.CC(C)(C)OC(=O)N1CCCCC1.COC(=O)CCc1cccc(O)c1. The van der Waals surface area contributed by atoms with Gasteiger partial charge < -0.3 is 19.5 Å². The van der Waals surface area contributed by atoms with Crippen molar-refractivity contribution < 1.29 is 24.2 Å². The Morgan fingerprint density at radius 3 is 2.10 bits per heavy atom. The molecular weight excluding hydrogens is 370 g/mol. The van der Waals surface area contributed by atoms with Gasteiger partial charge in [-0.1, -0.05) is 31.4 Å². The average molecular weight is 408 g/mol. The molecule has 1 aliphatic heterocycles. The van der Waals surface area contributed by atoms with Crippen LogP contribution in [0.5, 0.6) is 5.75 Å². The minimum Gasteiger partial charge on any atom is -0.508 e. The predicted octanol–water partition coefficient (Wildman–Crippen LogP) is 5.08. The second-order valence-corrected chi connectivity index (χ2v) is 8.33. The number of hydrogen-bond donors (Lipinski definition) is 1. The van der Waals surface area contributed by atoms with Crippen LogP contribution in [0.25, 0.3) is 0 Å². The first-order chi connectivity index (χ1) is 13.7. The number of methoxy groups -OCH3 is 1. The molecule has 6 heteroatoms. The molecule has 0 spiro atoms. The molecule has 164 valence electrons. The fourth-order valence-corrected chi connectivity index (χ4v) is 2.46. The zero-order chi connectivity index (χ0) is 21.7. The van der Waals surface area contributed by atoms with Gasteiger partial charge in [-0.3, -0.25) is 4.79 Å². The van der Waals surface area contributed by atoms with Crippen LogP contribution < -0.4 is 0 Å². The number of aryl methyl sites for hydroxylation is 1. The van der Waals surface area contributed by atoms with Crippen molar-refractivity contribution >= 4 is 12.1 Å². The molecule has 2 aliphatic rings. The highest BCUT2D eigenvalue weighted by Crippen LogP contribution is 2.15. The van der Waals surface area contributed by atoms with Gasteiger partial charge in [0.25, 0.3) is 0 Å². The van der Waals surface area contributed by atoms with Gasteiger partial charge in [0.2, 0.25) is 0 Å². The first-order valence-corrected chi connectivity index (χ1v) is 10.5. The van der Waals surface area contributed by atoms with E-state index in [1.54, 1.807) is 23.1 Å². The van der Waals surface area contributed by atoms with Gasteiger partial charge in [-0.25, -0.2) is 4.79 Å². The van der Waals surface area contributed by atoms with E-state index in [4.69, 9.17) is 9.84 Å². The molecule has 0 atom stereocenters. The highest BCUT2D eigenvalue weighted by molar-refractivity contribution is 5.69. The van der Waals surface area contributed by atoms with Gasteiger partial charge in [0, 0.05) is 19.5 Å². The third kappa shape index (κ3) is 13.6. The number of phenolic OH excluding ortho intramolecular Hbond substituents is 1. The Bertz CT molecular complexity index is 613. The standard InChI is InChI=1S/C10H19NO2.C10H12O3.C3H6/c1-10(2,3)13-9(12)11-7-5-4-6-8-11;1-13-10(12)6-5-8-3-2-4-9(11)7-8;1-2-3-1/h4-8H2,1-3H3;2-4,7,11H,5-6H2,1H3;1-3H2. The lowest BCUT2D eigenvalue weighted by molar-refractivity contribution is -0.140. The number of ether oxygens (including phenoxy) is 2. The summed E-state index contributed by atoms with van der Waals surface area (Å²) in [5.74, 6) is -0.00860. The second-order valence-electron chi connectivity index (χ2n) is 8.33. The molecule has 0 unspecified atom stereocenters. The number of phenols is 1. The monoisotopic (exact) mass is 407 g/mol. The number of benzene rings is 1. The van der Waals surface area contributed by atoms with E-state index in [1.165, 1.54) is 32.8 Å². The zero-order valence-electron chi connectivity index (χ0n) is 18.4. The fourth-order valence-electron chi connectivity index (χ4n) is 2.46. The summed E-state index contributed by atoms with van der Waals surface area (Å²) in [7, 11) is 1.37. The van der Waals surface area contributed by atoms with E-state index in [0.29, 0.717) is 12.8 Å². The summed E-state index contributed by atoms with van der Waals surface area (Å²) in [4.78, 5) is 24.1. The topological polar surface area (TPSA) is 76.1 Å². The molecule has 1 saturated heterocycles. The molecule has 3 rings (SSSR count). The van der Waals surface area contributed by atoms with E-state index in [1.807, 2.05) is 26.8 Å². The molecule has 0 bridgehead atoms. The number of aromatic hydroxyl groups is 1. The van der Waals surface area contributed by atoms with Gasteiger partial charge in [-0.05, 0) is 64.2 Å². The van der Waals surface area contributed by atoms with Crippen molar-refractivity contribution in [2.75, 3.05) is 20.2 Å². The summed E-state index contributed by atoms with van der Waals surface area (Å²) in [5.41, 5.74) is 0.569. The number of carbonyl (C=O) groups is 2. The molecule has 1 heterocycles. The molecule has 1 aromatic rings. The highest BCUT2D eigenvalue weighted by Gasteiger charge is 2.22. The van der Waals surface area contributed by atoms with Crippen molar-refractivity contribution in [3.63, 3.8) is 0 Å². The summed E-state index contributed by atoms with van der Waals surface area (Å²) in [6.07, 6.45) is 8.74. The highest BCUT2D eigenvalue weighted by atomic mass is 16.6. The molecule has 29 heavy (non-hydrogen) atoms. The van der Waals surface area contributed by atoms with E-state index in [9.17, 15) is 9.59 Å². The number of nitrogens with zero attached hydrogens (tertiary/aromatic N) is 1. The molecule has 6 nitrogen and oxygen atoms in total. The minimum atomic E-state index is -0.367. The summed E-state index contributed by atoms with van der Waals surface area (Å²) >= 11 is 0. The van der Waals surface area contributed by atoms with Gasteiger partial charge in [0.1, 0.15) is 11.4 Å². The number of amides is 1. The van der Waals surface area contributed by atoms with Crippen LogP contribution in [0.4, 0.5) is 4.79 Å². The average Bonchev–Trinajstić information content (AvgIpc) is 3.55. The molecule has 1 aliphatic carbocycles. The predicted molar refractivity (Wildman–Crippen MR) is 114 cm³/mol. The third-order valence-corrected chi connectivity index (χ3v) is 4.12. The smallest absolute Gasteiger partial charge is 0.410 e. The maximum absolute atomic E-state index is 11.5. The maximum Gasteiger partial charge on any atom is 0.410 e. The third-order valence-electron chi connectivity index (χ3n) is 4.12. The van der Waals surface area contributed by atoms with Crippen LogP contribution in [0.1, 0.15) is 71.3 Å². The molecule has 0 aromatic heterocycles. The normalized spacial score (nSPS) is 15.1. The van der Waals surface area contributed by atoms with Gasteiger partial charge >= 0.3 is 12.1 Å². The Balaban J connectivity index is 0.000000252. The van der Waals surface area contributed by atoms with Gasteiger partial charge in [0.05, 0.1) is 7.11 Å².